The Balaban J connectivity index is 3.99. The summed E-state index contributed by atoms with van der Waals surface area (Å²) in [5, 5.41) is 9.20. The number of nitrogens with one attached hydrogen (secondary N) is 1. The molecular weight excluding hydrogens is 282 g/mol. The number of rotatable bonds is 12. The smallest absolute Gasteiger partial charge is 0.393 e. The predicted octanol–water partition coefficient (Wildman–Crippen LogP) is 0.630. The zero-order valence-corrected chi connectivity index (χ0v) is 13.4. The average molecular weight is 307 g/mol. The van der Waals surface area contributed by atoms with Crippen molar-refractivity contribution < 1.29 is 28.0 Å². The lowest BCUT2D eigenvalue weighted by molar-refractivity contribution is -0.144. The first-order chi connectivity index (χ1) is 9.49. The SMILES string of the molecule is C=CC(=O)ONCCC[Si](OC)(OC)OCCC(C)O. The number of carbonyl (C=O) groups excluding carboxylic acids is 1. The molecule has 0 heterocycles. The van der Waals surface area contributed by atoms with Crippen molar-refractivity contribution in [2.24, 2.45) is 0 Å². The molecule has 0 bridgehead atoms. The summed E-state index contributed by atoms with van der Waals surface area (Å²) in [6.45, 7) is 5.82. The van der Waals surface area contributed by atoms with Crippen LogP contribution < -0.4 is 5.48 Å². The summed E-state index contributed by atoms with van der Waals surface area (Å²) in [6, 6.07) is 0.582. The van der Waals surface area contributed by atoms with Crippen LogP contribution in [0, 0.1) is 0 Å². The zero-order chi connectivity index (χ0) is 15.4. The van der Waals surface area contributed by atoms with Gasteiger partial charge in [0, 0.05) is 39.5 Å². The van der Waals surface area contributed by atoms with Crippen LogP contribution in [-0.4, -0.2) is 53.4 Å². The minimum absolute atomic E-state index is 0.379. The maximum Gasteiger partial charge on any atom is 0.500 e. The number of hydrogen-bond acceptors (Lipinski definition) is 7. The molecule has 7 nitrogen and oxygen atoms in total. The van der Waals surface area contributed by atoms with Crippen LogP contribution in [0.3, 0.4) is 0 Å². The lowest BCUT2D eigenvalue weighted by Gasteiger charge is -2.26. The number of hydroxylamine groups is 1. The monoisotopic (exact) mass is 307 g/mol. The lowest BCUT2D eigenvalue weighted by atomic mass is 10.3. The molecule has 0 saturated heterocycles. The van der Waals surface area contributed by atoms with Crippen molar-refractivity contribution in [3.63, 3.8) is 0 Å². The van der Waals surface area contributed by atoms with Crippen LogP contribution in [0.2, 0.25) is 6.04 Å². The van der Waals surface area contributed by atoms with Crippen molar-refractivity contribution in [1.82, 2.24) is 5.48 Å². The minimum Gasteiger partial charge on any atom is -0.393 e. The fourth-order valence-electron chi connectivity index (χ4n) is 1.40. The van der Waals surface area contributed by atoms with E-state index in [0.717, 1.165) is 6.08 Å². The van der Waals surface area contributed by atoms with Crippen LogP contribution in [0.1, 0.15) is 19.8 Å². The molecule has 8 heteroatoms. The van der Waals surface area contributed by atoms with Gasteiger partial charge in [0.2, 0.25) is 0 Å². The van der Waals surface area contributed by atoms with Crippen molar-refractivity contribution in [2.75, 3.05) is 27.4 Å². The van der Waals surface area contributed by atoms with Crippen LogP contribution in [-0.2, 0) is 22.9 Å². The fourth-order valence-corrected chi connectivity index (χ4v) is 3.40. The molecule has 1 atom stereocenters. The van der Waals surface area contributed by atoms with Gasteiger partial charge in [0.25, 0.3) is 0 Å². The Hall–Kier alpha value is -0.773. The minimum atomic E-state index is -2.71. The number of carbonyl (C=O) groups is 1. The quantitative estimate of drug-likeness (QED) is 0.237. The maximum absolute atomic E-state index is 10.8. The fraction of sp³-hybridized carbons (Fsp3) is 0.750. The van der Waals surface area contributed by atoms with Gasteiger partial charge in [0.1, 0.15) is 0 Å². The molecule has 0 radical (unpaired) electrons. The Morgan fingerprint density at radius 2 is 2.10 bits per heavy atom. The van der Waals surface area contributed by atoms with Gasteiger partial charge in [-0.3, -0.25) is 0 Å². The Labute approximate surface area is 121 Å². The van der Waals surface area contributed by atoms with E-state index in [2.05, 4.69) is 16.9 Å². The van der Waals surface area contributed by atoms with E-state index in [-0.39, 0.29) is 0 Å². The average Bonchev–Trinajstić information content (AvgIpc) is 2.44. The summed E-state index contributed by atoms with van der Waals surface area (Å²) in [6.07, 6.45) is 1.84. The molecular formula is C12H25NO6Si. The molecule has 20 heavy (non-hydrogen) atoms. The molecule has 0 fully saturated rings. The summed E-state index contributed by atoms with van der Waals surface area (Å²) < 4.78 is 16.4. The zero-order valence-electron chi connectivity index (χ0n) is 12.4. The van der Waals surface area contributed by atoms with E-state index in [0.29, 0.717) is 32.0 Å². The van der Waals surface area contributed by atoms with E-state index in [1.165, 1.54) is 0 Å². The van der Waals surface area contributed by atoms with Gasteiger partial charge in [0.05, 0.1) is 6.10 Å². The van der Waals surface area contributed by atoms with E-state index >= 15 is 0 Å². The van der Waals surface area contributed by atoms with Crippen molar-refractivity contribution in [1.29, 1.82) is 0 Å². The first-order valence-electron chi connectivity index (χ1n) is 6.48. The highest BCUT2D eigenvalue weighted by atomic mass is 28.4. The summed E-state index contributed by atoms with van der Waals surface area (Å²) >= 11 is 0. The van der Waals surface area contributed by atoms with Crippen LogP contribution in [0.25, 0.3) is 0 Å². The van der Waals surface area contributed by atoms with Gasteiger partial charge in [-0.15, -0.1) is 0 Å². The van der Waals surface area contributed by atoms with E-state index in [4.69, 9.17) is 13.3 Å². The third-order valence-corrected chi connectivity index (χ3v) is 5.43. The highest BCUT2D eigenvalue weighted by Gasteiger charge is 2.38. The van der Waals surface area contributed by atoms with Gasteiger partial charge in [-0.25, -0.2) is 4.79 Å². The third-order valence-electron chi connectivity index (χ3n) is 2.58. The van der Waals surface area contributed by atoms with E-state index in [1.807, 2.05) is 0 Å². The molecule has 0 saturated carbocycles. The number of aliphatic hydroxyl groups is 1. The normalized spacial score (nSPS) is 13.0. The van der Waals surface area contributed by atoms with Crippen molar-refractivity contribution in [3.8, 4) is 0 Å². The van der Waals surface area contributed by atoms with E-state index in [9.17, 15) is 9.90 Å². The second kappa shape index (κ2) is 10.9. The molecule has 0 aliphatic carbocycles. The molecule has 0 spiro atoms. The second-order valence-corrected chi connectivity index (χ2v) is 7.17. The highest BCUT2D eigenvalue weighted by molar-refractivity contribution is 6.60. The molecule has 1 unspecified atom stereocenters. The molecule has 0 aromatic heterocycles. The summed E-state index contributed by atoms with van der Waals surface area (Å²) in [5.74, 6) is -0.528. The molecule has 0 amide bonds. The summed E-state index contributed by atoms with van der Waals surface area (Å²) in [4.78, 5) is 15.4. The molecule has 2 N–H and O–H groups in total. The van der Waals surface area contributed by atoms with Crippen LogP contribution >= 0.6 is 0 Å². The Bertz CT molecular complexity index is 283. The van der Waals surface area contributed by atoms with Crippen LogP contribution in [0.4, 0.5) is 0 Å². The molecule has 118 valence electrons. The Morgan fingerprint density at radius 1 is 1.45 bits per heavy atom. The van der Waals surface area contributed by atoms with Gasteiger partial charge in [-0.05, 0) is 19.8 Å². The predicted molar refractivity (Wildman–Crippen MR) is 75.7 cm³/mol. The van der Waals surface area contributed by atoms with E-state index < -0.39 is 20.9 Å². The third kappa shape index (κ3) is 8.41. The molecule has 0 aliphatic heterocycles. The van der Waals surface area contributed by atoms with E-state index in [1.54, 1.807) is 21.1 Å². The highest BCUT2D eigenvalue weighted by Crippen LogP contribution is 2.16. The summed E-state index contributed by atoms with van der Waals surface area (Å²) in [5.41, 5.74) is 2.53. The maximum atomic E-state index is 10.8. The van der Waals surface area contributed by atoms with Gasteiger partial charge in [0.15, 0.2) is 0 Å². The van der Waals surface area contributed by atoms with Gasteiger partial charge >= 0.3 is 14.8 Å². The van der Waals surface area contributed by atoms with Gasteiger partial charge in [-0.2, -0.15) is 5.48 Å². The van der Waals surface area contributed by atoms with Gasteiger partial charge < -0.3 is 23.2 Å². The largest absolute Gasteiger partial charge is 0.500 e. The van der Waals surface area contributed by atoms with Gasteiger partial charge in [-0.1, -0.05) is 6.58 Å². The topological polar surface area (TPSA) is 86.3 Å². The molecule has 0 aromatic rings. The Morgan fingerprint density at radius 3 is 2.60 bits per heavy atom. The summed E-state index contributed by atoms with van der Waals surface area (Å²) in [7, 11) is 0.382. The van der Waals surface area contributed by atoms with Crippen molar-refractivity contribution >= 4 is 14.8 Å². The number of hydrogen-bond donors (Lipinski definition) is 2. The Kier molecular flexibility index (Phi) is 10.5. The molecule has 0 rings (SSSR count). The second-order valence-electron chi connectivity index (χ2n) is 4.20. The van der Waals surface area contributed by atoms with Crippen LogP contribution in [0.5, 0.6) is 0 Å². The first kappa shape index (κ1) is 19.2. The van der Waals surface area contributed by atoms with Crippen molar-refractivity contribution in [3.05, 3.63) is 12.7 Å². The lowest BCUT2D eigenvalue weighted by Crippen LogP contribution is -2.44. The van der Waals surface area contributed by atoms with Crippen molar-refractivity contribution in [2.45, 2.75) is 31.9 Å². The standard InChI is InChI=1S/C12H25NO6Si/c1-5-12(15)19-13-8-6-10-20(16-3,17-4)18-9-7-11(2)14/h5,11,13-14H,1,6-10H2,2-4H3. The number of aliphatic hydroxyl groups excluding tert-OH is 1. The molecule has 0 aromatic carbocycles. The first-order valence-corrected chi connectivity index (χ1v) is 8.41. The van der Waals surface area contributed by atoms with Crippen LogP contribution in [0.15, 0.2) is 12.7 Å². The molecule has 0 aliphatic rings.